The van der Waals surface area contributed by atoms with E-state index in [1.54, 1.807) is 7.11 Å². The van der Waals surface area contributed by atoms with Crippen LogP contribution in [-0.4, -0.2) is 26.4 Å². The van der Waals surface area contributed by atoms with E-state index in [9.17, 15) is 0 Å². The van der Waals surface area contributed by atoms with E-state index in [1.807, 2.05) is 6.92 Å². The van der Waals surface area contributed by atoms with Gasteiger partial charge in [-0.3, -0.25) is 0 Å². The van der Waals surface area contributed by atoms with Crippen LogP contribution < -0.4 is 10.1 Å². The molecular weight excluding hydrogens is 374 g/mol. The highest BCUT2D eigenvalue weighted by Crippen LogP contribution is 2.35. The minimum atomic E-state index is 0.0154. The van der Waals surface area contributed by atoms with Crippen LogP contribution in [0, 0.1) is 0 Å². The molecule has 0 fully saturated rings. The fourth-order valence-electron chi connectivity index (χ4n) is 1.71. The molecule has 1 rings (SSSR count). The molecule has 0 aliphatic rings. The van der Waals surface area contributed by atoms with E-state index >= 15 is 0 Å². The summed E-state index contributed by atoms with van der Waals surface area (Å²) in [5, 5.41) is 3.38. The van der Waals surface area contributed by atoms with Crippen molar-refractivity contribution in [1.82, 2.24) is 5.32 Å². The Labute approximate surface area is 132 Å². The van der Waals surface area contributed by atoms with Gasteiger partial charge in [-0.15, -0.1) is 0 Å². The number of nitrogens with one attached hydrogen (secondary N) is 1. The highest BCUT2D eigenvalue weighted by Gasteiger charge is 2.12. The van der Waals surface area contributed by atoms with Crippen LogP contribution in [0.2, 0.25) is 0 Å². The summed E-state index contributed by atoms with van der Waals surface area (Å²) in [5.41, 5.74) is 1.22. The molecule has 1 aromatic carbocycles. The Morgan fingerprint density at radius 3 is 2.42 bits per heavy atom. The van der Waals surface area contributed by atoms with Gasteiger partial charge in [0.25, 0.3) is 0 Å². The third-order valence-electron chi connectivity index (χ3n) is 2.53. The number of hydrogen-bond acceptors (Lipinski definition) is 3. The quantitative estimate of drug-likeness (QED) is 0.672. The Morgan fingerprint density at radius 1 is 1.26 bits per heavy atom. The highest BCUT2D eigenvalue weighted by atomic mass is 79.9. The summed E-state index contributed by atoms with van der Waals surface area (Å²) in [7, 11) is 1.67. The van der Waals surface area contributed by atoms with Gasteiger partial charge in [-0.05, 0) is 69.4 Å². The first-order valence-corrected chi connectivity index (χ1v) is 8.01. The molecule has 0 saturated carbocycles. The lowest BCUT2D eigenvalue weighted by Crippen LogP contribution is -2.18. The molecule has 0 bridgehead atoms. The molecule has 108 valence electrons. The average molecular weight is 395 g/mol. The summed E-state index contributed by atoms with van der Waals surface area (Å²) < 4.78 is 12.9. The second kappa shape index (κ2) is 8.95. The number of rotatable bonds is 8. The molecule has 0 spiro atoms. The maximum absolute atomic E-state index is 5.86. The molecule has 1 N–H and O–H groups in total. The molecule has 3 nitrogen and oxygen atoms in total. The molecule has 5 heteroatoms. The van der Waals surface area contributed by atoms with Gasteiger partial charge in [-0.2, -0.15) is 0 Å². The zero-order valence-electron chi connectivity index (χ0n) is 11.6. The van der Waals surface area contributed by atoms with Gasteiger partial charge < -0.3 is 14.8 Å². The van der Waals surface area contributed by atoms with E-state index in [1.165, 1.54) is 5.56 Å². The van der Waals surface area contributed by atoms with Crippen molar-refractivity contribution in [2.75, 3.05) is 20.3 Å². The van der Waals surface area contributed by atoms with Gasteiger partial charge in [0, 0.05) is 13.7 Å². The Bertz CT molecular complexity index is 376. The SMILES string of the molecule is CCCNCc1cc(Br)c(OC(C)COC)c(Br)c1. The summed E-state index contributed by atoms with van der Waals surface area (Å²) in [6, 6.07) is 4.17. The van der Waals surface area contributed by atoms with Crippen LogP contribution in [-0.2, 0) is 11.3 Å². The summed E-state index contributed by atoms with van der Waals surface area (Å²) in [6.45, 7) is 6.60. The van der Waals surface area contributed by atoms with Crippen LogP contribution in [0.4, 0.5) is 0 Å². The molecule has 19 heavy (non-hydrogen) atoms. The minimum Gasteiger partial charge on any atom is -0.486 e. The molecule has 0 aliphatic heterocycles. The molecule has 1 unspecified atom stereocenters. The molecular formula is C14H21Br2NO2. The summed E-state index contributed by atoms with van der Waals surface area (Å²) >= 11 is 7.13. The Morgan fingerprint density at radius 2 is 1.89 bits per heavy atom. The van der Waals surface area contributed by atoms with Crippen molar-refractivity contribution in [2.24, 2.45) is 0 Å². The zero-order chi connectivity index (χ0) is 14.3. The standard InChI is InChI=1S/C14H21Br2NO2/c1-4-5-17-8-11-6-12(15)14(13(16)7-11)19-10(2)9-18-3/h6-7,10,17H,4-5,8-9H2,1-3H3. The number of methoxy groups -OCH3 is 1. The lowest BCUT2D eigenvalue weighted by atomic mass is 10.2. The number of halogens is 2. The van der Waals surface area contributed by atoms with Crippen molar-refractivity contribution in [3.63, 3.8) is 0 Å². The average Bonchev–Trinajstić information content (AvgIpc) is 2.34. The van der Waals surface area contributed by atoms with Gasteiger partial charge in [-0.1, -0.05) is 6.92 Å². The first kappa shape index (κ1) is 17.0. The maximum atomic E-state index is 5.86. The van der Waals surface area contributed by atoms with Gasteiger partial charge in [0.15, 0.2) is 0 Å². The zero-order valence-corrected chi connectivity index (χ0v) is 14.8. The fraction of sp³-hybridized carbons (Fsp3) is 0.571. The Hall–Kier alpha value is -0.100. The first-order chi connectivity index (χ1) is 9.08. The van der Waals surface area contributed by atoms with Crippen LogP contribution in [0.25, 0.3) is 0 Å². The van der Waals surface area contributed by atoms with Crippen LogP contribution >= 0.6 is 31.9 Å². The van der Waals surface area contributed by atoms with E-state index in [4.69, 9.17) is 9.47 Å². The normalized spacial score (nSPS) is 12.5. The van der Waals surface area contributed by atoms with Crippen LogP contribution in [0.1, 0.15) is 25.8 Å². The first-order valence-electron chi connectivity index (χ1n) is 6.42. The summed E-state index contributed by atoms with van der Waals surface area (Å²) in [4.78, 5) is 0. The molecule has 0 aromatic heterocycles. The van der Waals surface area contributed by atoms with Crippen molar-refractivity contribution < 1.29 is 9.47 Å². The van der Waals surface area contributed by atoms with Crippen molar-refractivity contribution in [2.45, 2.75) is 32.9 Å². The van der Waals surface area contributed by atoms with Gasteiger partial charge in [-0.25, -0.2) is 0 Å². The van der Waals surface area contributed by atoms with E-state index in [2.05, 4.69) is 56.2 Å². The number of ether oxygens (including phenoxy) is 2. The topological polar surface area (TPSA) is 30.5 Å². The van der Waals surface area contributed by atoms with Crippen LogP contribution in [0.3, 0.4) is 0 Å². The number of hydrogen-bond donors (Lipinski definition) is 1. The fourth-order valence-corrected chi connectivity index (χ4v) is 3.17. The van der Waals surface area contributed by atoms with Crippen molar-refractivity contribution in [1.29, 1.82) is 0 Å². The molecule has 0 radical (unpaired) electrons. The second-order valence-corrected chi connectivity index (χ2v) is 6.16. The van der Waals surface area contributed by atoms with E-state index in [0.717, 1.165) is 34.2 Å². The Balaban J connectivity index is 2.73. The van der Waals surface area contributed by atoms with Crippen LogP contribution in [0.5, 0.6) is 5.75 Å². The van der Waals surface area contributed by atoms with Gasteiger partial charge >= 0.3 is 0 Å². The van der Waals surface area contributed by atoms with E-state index in [-0.39, 0.29) is 6.10 Å². The van der Waals surface area contributed by atoms with Gasteiger partial charge in [0.05, 0.1) is 15.6 Å². The summed E-state index contributed by atoms with van der Waals surface area (Å²) in [5.74, 6) is 0.823. The van der Waals surface area contributed by atoms with Crippen LogP contribution in [0.15, 0.2) is 21.1 Å². The maximum Gasteiger partial charge on any atom is 0.148 e. The second-order valence-electron chi connectivity index (χ2n) is 4.45. The van der Waals surface area contributed by atoms with Crippen molar-refractivity contribution in [3.05, 3.63) is 26.6 Å². The predicted molar refractivity (Wildman–Crippen MR) is 85.8 cm³/mol. The molecule has 1 atom stereocenters. The third kappa shape index (κ3) is 5.81. The van der Waals surface area contributed by atoms with E-state index < -0.39 is 0 Å². The minimum absolute atomic E-state index is 0.0154. The van der Waals surface area contributed by atoms with Gasteiger partial charge in [0.1, 0.15) is 11.9 Å². The molecule has 0 saturated heterocycles. The van der Waals surface area contributed by atoms with Crippen molar-refractivity contribution in [3.8, 4) is 5.75 Å². The van der Waals surface area contributed by atoms with Crippen molar-refractivity contribution >= 4 is 31.9 Å². The third-order valence-corrected chi connectivity index (χ3v) is 3.71. The highest BCUT2D eigenvalue weighted by molar-refractivity contribution is 9.11. The lowest BCUT2D eigenvalue weighted by Gasteiger charge is -2.17. The smallest absolute Gasteiger partial charge is 0.148 e. The summed E-state index contributed by atoms with van der Waals surface area (Å²) in [6.07, 6.45) is 1.15. The van der Waals surface area contributed by atoms with Gasteiger partial charge in [0.2, 0.25) is 0 Å². The number of benzene rings is 1. The largest absolute Gasteiger partial charge is 0.486 e. The predicted octanol–water partition coefficient (Wildman–Crippen LogP) is 4.12. The lowest BCUT2D eigenvalue weighted by molar-refractivity contribution is 0.0910. The monoisotopic (exact) mass is 393 g/mol. The molecule has 0 aliphatic carbocycles. The molecule has 1 aromatic rings. The molecule has 0 heterocycles. The Kier molecular flexibility index (Phi) is 7.99. The van der Waals surface area contributed by atoms with E-state index in [0.29, 0.717) is 6.61 Å². The molecule has 0 amide bonds.